The number of aromatic nitrogens is 1. The van der Waals surface area contributed by atoms with Gasteiger partial charge >= 0.3 is 0 Å². The molecule has 0 radical (unpaired) electrons. The van der Waals surface area contributed by atoms with E-state index in [1.54, 1.807) is 12.3 Å². The number of rotatable bonds is 6. The second-order valence-corrected chi connectivity index (χ2v) is 5.33. The van der Waals surface area contributed by atoms with Crippen LogP contribution in [0, 0.1) is 6.92 Å². The number of pyridine rings is 1. The molecule has 0 fully saturated rings. The molecule has 0 unspecified atom stereocenters. The fraction of sp³-hybridized carbons (Fsp3) is 0.500. The molecule has 16 heavy (non-hydrogen) atoms. The van der Waals surface area contributed by atoms with Gasteiger partial charge in [0.25, 0.3) is 0 Å². The SMILES string of the molecule is CCNCCS(=O)(=O)Nc1cc(C)ccn1. The molecule has 0 saturated carbocycles. The zero-order valence-electron chi connectivity index (χ0n) is 9.53. The summed E-state index contributed by atoms with van der Waals surface area (Å²) in [5.74, 6) is 0.424. The van der Waals surface area contributed by atoms with Crippen molar-refractivity contribution in [3.8, 4) is 0 Å². The molecule has 0 saturated heterocycles. The Morgan fingerprint density at radius 2 is 2.19 bits per heavy atom. The minimum absolute atomic E-state index is 0.0520. The molecule has 1 aromatic rings. The Hall–Kier alpha value is -1.14. The maximum absolute atomic E-state index is 11.6. The van der Waals surface area contributed by atoms with Gasteiger partial charge in [0.1, 0.15) is 5.82 Å². The van der Waals surface area contributed by atoms with Gasteiger partial charge < -0.3 is 5.32 Å². The van der Waals surface area contributed by atoms with Crippen LogP contribution in [0.4, 0.5) is 5.82 Å². The number of hydrogen-bond donors (Lipinski definition) is 2. The third-order valence-electron chi connectivity index (χ3n) is 1.97. The topological polar surface area (TPSA) is 71.1 Å². The van der Waals surface area contributed by atoms with E-state index < -0.39 is 10.0 Å². The van der Waals surface area contributed by atoms with E-state index in [4.69, 9.17) is 0 Å². The molecule has 0 spiro atoms. The molecule has 90 valence electrons. The van der Waals surface area contributed by atoms with Crippen LogP contribution < -0.4 is 10.0 Å². The highest BCUT2D eigenvalue weighted by Crippen LogP contribution is 2.07. The zero-order chi connectivity index (χ0) is 12.0. The lowest BCUT2D eigenvalue weighted by Crippen LogP contribution is -2.26. The molecule has 0 aliphatic rings. The monoisotopic (exact) mass is 243 g/mol. The summed E-state index contributed by atoms with van der Waals surface area (Å²) in [5.41, 5.74) is 0.972. The summed E-state index contributed by atoms with van der Waals surface area (Å²) in [6.07, 6.45) is 1.58. The molecular weight excluding hydrogens is 226 g/mol. The van der Waals surface area contributed by atoms with Crippen LogP contribution in [0.2, 0.25) is 0 Å². The molecule has 0 atom stereocenters. The lowest BCUT2D eigenvalue weighted by Gasteiger charge is -2.07. The second kappa shape index (κ2) is 5.81. The highest BCUT2D eigenvalue weighted by atomic mass is 32.2. The summed E-state index contributed by atoms with van der Waals surface area (Å²) in [6, 6.07) is 3.52. The fourth-order valence-corrected chi connectivity index (χ4v) is 2.13. The molecule has 0 amide bonds. The van der Waals surface area contributed by atoms with Crippen LogP contribution in [0.3, 0.4) is 0 Å². The van der Waals surface area contributed by atoms with Crippen molar-refractivity contribution in [2.45, 2.75) is 13.8 Å². The number of nitrogens with zero attached hydrogens (tertiary/aromatic N) is 1. The van der Waals surface area contributed by atoms with E-state index in [9.17, 15) is 8.42 Å². The molecule has 0 aromatic carbocycles. The first-order valence-corrected chi connectivity index (χ1v) is 6.82. The average molecular weight is 243 g/mol. The summed E-state index contributed by atoms with van der Waals surface area (Å²) in [5, 5.41) is 2.96. The van der Waals surface area contributed by atoms with Gasteiger partial charge in [-0.3, -0.25) is 4.72 Å². The van der Waals surface area contributed by atoms with Crippen LogP contribution in [0.1, 0.15) is 12.5 Å². The quantitative estimate of drug-likeness (QED) is 0.723. The molecule has 6 heteroatoms. The van der Waals surface area contributed by atoms with Crippen molar-refractivity contribution in [3.63, 3.8) is 0 Å². The predicted molar refractivity (Wildman–Crippen MR) is 64.9 cm³/mol. The van der Waals surface area contributed by atoms with Crippen LogP contribution >= 0.6 is 0 Å². The summed E-state index contributed by atoms with van der Waals surface area (Å²) in [4.78, 5) is 3.94. The minimum atomic E-state index is -3.30. The highest BCUT2D eigenvalue weighted by molar-refractivity contribution is 7.92. The van der Waals surface area contributed by atoms with Gasteiger partial charge in [-0.2, -0.15) is 0 Å². The molecule has 2 N–H and O–H groups in total. The van der Waals surface area contributed by atoms with Crippen LogP contribution in [-0.2, 0) is 10.0 Å². The highest BCUT2D eigenvalue weighted by Gasteiger charge is 2.10. The average Bonchev–Trinajstić information content (AvgIpc) is 2.17. The van der Waals surface area contributed by atoms with E-state index >= 15 is 0 Å². The molecule has 1 aromatic heterocycles. The number of nitrogens with one attached hydrogen (secondary N) is 2. The number of anilines is 1. The maximum atomic E-state index is 11.6. The normalized spacial score (nSPS) is 11.4. The molecule has 0 aliphatic heterocycles. The molecule has 5 nitrogen and oxygen atoms in total. The number of aryl methyl sites for hydroxylation is 1. The second-order valence-electron chi connectivity index (χ2n) is 3.49. The van der Waals surface area contributed by atoms with E-state index in [0.29, 0.717) is 12.4 Å². The van der Waals surface area contributed by atoms with E-state index in [1.807, 2.05) is 19.9 Å². The first-order valence-electron chi connectivity index (χ1n) is 5.17. The first kappa shape index (κ1) is 12.9. The van der Waals surface area contributed by atoms with Crippen molar-refractivity contribution < 1.29 is 8.42 Å². The Morgan fingerprint density at radius 1 is 1.44 bits per heavy atom. The maximum Gasteiger partial charge on any atom is 0.235 e. The molecule has 1 rings (SSSR count). The van der Waals surface area contributed by atoms with Gasteiger partial charge in [0.2, 0.25) is 10.0 Å². The molecule has 1 heterocycles. The third-order valence-corrected chi connectivity index (χ3v) is 3.23. The summed E-state index contributed by atoms with van der Waals surface area (Å²) < 4.78 is 25.6. The third kappa shape index (κ3) is 4.59. The summed E-state index contributed by atoms with van der Waals surface area (Å²) >= 11 is 0. The first-order chi connectivity index (χ1) is 7.53. The van der Waals surface area contributed by atoms with Crippen LogP contribution in [-0.4, -0.2) is 32.2 Å². The van der Waals surface area contributed by atoms with Crippen molar-refractivity contribution in [1.29, 1.82) is 0 Å². The lowest BCUT2D eigenvalue weighted by atomic mass is 10.3. The Bertz CT molecular complexity index is 431. The van der Waals surface area contributed by atoms with E-state index in [0.717, 1.165) is 12.1 Å². The largest absolute Gasteiger partial charge is 0.316 e. The van der Waals surface area contributed by atoms with Gasteiger partial charge in [0, 0.05) is 12.7 Å². The zero-order valence-corrected chi connectivity index (χ0v) is 10.3. The molecule has 0 bridgehead atoms. The van der Waals surface area contributed by atoms with E-state index in [-0.39, 0.29) is 5.75 Å². The van der Waals surface area contributed by atoms with Gasteiger partial charge in [-0.05, 0) is 31.2 Å². The van der Waals surface area contributed by atoms with Crippen LogP contribution in [0.25, 0.3) is 0 Å². The Kier molecular flexibility index (Phi) is 4.70. The minimum Gasteiger partial charge on any atom is -0.316 e. The standard InChI is InChI=1S/C10H17N3O2S/c1-3-11-6-7-16(14,15)13-10-8-9(2)4-5-12-10/h4-5,8,11H,3,6-7H2,1-2H3,(H,12,13). The summed E-state index contributed by atoms with van der Waals surface area (Å²) in [6.45, 7) is 5.02. The smallest absolute Gasteiger partial charge is 0.235 e. The molecule has 0 aliphatic carbocycles. The van der Waals surface area contributed by atoms with Gasteiger partial charge in [0.05, 0.1) is 5.75 Å². The van der Waals surface area contributed by atoms with Crippen molar-refractivity contribution >= 4 is 15.8 Å². The fourth-order valence-electron chi connectivity index (χ4n) is 1.19. The molecular formula is C10H17N3O2S. The Balaban J connectivity index is 2.59. The van der Waals surface area contributed by atoms with Crippen molar-refractivity contribution in [2.75, 3.05) is 23.6 Å². The number of hydrogen-bond acceptors (Lipinski definition) is 4. The van der Waals surface area contributed by atoms with Gasteiger partial charge in [-0.25, -0.2) is 13.4 Å². The van der Waals surface area contributed by atoms with Gasteiger partial charge in [0.15, 0.2) is 0 Å². The van der Waals surface area contributed by atoms with Crippen molar-refractivity contribution in [1.82, 2.24) is 10.3 Å². The Morgan fingerprint density at radius 3 is 2.81 bits per heavy atom. The lowest BCUT2D eigenvalue weighted by molar-refractivity contribution is 0.597. The van der Waals surface area contributed by atoms with Crippen molar-refractivity contribution in [3.05, 3.63) is 23.9 Å². The predicted octanol–water partition coefficient (Wildman–Crippen LogP) is 0.741. The van der Waals surface area contributed by atoms with Crippen LogP contribution in [0.5, 0.6) is 0 Å². The van der Waals surface area contributed by atoms with Crippen molar-refractivity contribution in [2.24, 2.45) is 0 Å². The number of sulfonamides is 1. The Labute approximate surface area is 96.3 Å². The van der Waals surface area contributed by atoms with Gasteiger partial charge in [-0.1, -0.05) is 6.92 Å². The van der Waals surface area contributed by atoms with Gasteiger partial charge in [-0.15, -0.1) is 0 Å². The summed E-state index contributed by atoms with van der Waals surface area (Å²) in [7, 11) is -3.30. The van der Waals surface area contributed by atoms with E-state index in [2.05, 4.69) is 15.0 Å². The van der Waals surface area contributed by atoms with Crippen LogP contribution in [0.15, 0.2) is 18.3 Å². The van der Waals surface area contributed by atoms with E-state index in [1.165, 1.54) is 0 Å².